The molecule has 0 fully saturated rings. The number of methoxy groups -OCH3 is 1. The van der Waals surface area contributed by atoms with Gasteiger partial charge in [-0.25, -0.2) is 4.39 Å². The maximum atomic E-state index is 13.5. The monoisotopic (exact) mass is 274 g/mol. The number of rotatable bonds is 5. The quantitative estimate of drug-likeness (QED) is 0.786. The molecule has 0 heterocycles. The Labute approximate surface area is 117 Å². The molecule has 0 spiro atoms. The molecule has 0 aliphatic heterocycles. The van der Waals surface area contributed by atoms with Crippen LogP contribution in [0.5, 0.6) is 5.75 Å². The van der Waals surface area contributed by atoms with E-state index in [0.717, 1.165) is 5.56 Å². The molecule has 0 atom stereocenters. The number of halogens is 1. The zero-order valence-corrected chi connectivity index (χ0v) is 11.1. The molecular weight excluding hydrogens is 259 g/mol. The molecule has 4 heteroatoms. The number of benzene rings is 2. The first-order chi connectivity index (χ1) is 9.69. The number of carbonyl (C=O) groups is 1. The fourth-order valence-electron chi connectivity index (χ4n) is 1.78. The minimum absolute atomic E-state index is 0.0482. The van der Waals surface area contributed by atoms with Gasteiger partial charge in [0.1, 0.15) is 6.61 Å². The van der Waals surface area contributed by atoms with Crippen molar-refractivity contribution in [3.63, 3.8) is 0 Å². The number of esters is 1. The second-order valence-corrected chi connectivity index (χ2v) is 4.29. The van der Waals surface area contributed by atoms with Crippen LogP contribution in [0.3, 0.4) is 0 Å². The Bertz CT molecular complexity index is 582. The van der Waals surface area contributed by atoms with E-state index in [9.17, 15) is 9.18 Å². The van der Waals surface area contributed by atoms with Crippen molar-refractivity contribution >= 4 is 5.97 Å². The molecule has 2 aromatic rings. The summed E-state index contributed by atoms with van der Waals surface area (Å²) in [5.41, 5.74) is 1.48. The van der Waals surface area contributed by atoms with Crippen LogP contribution in [0, 0.1) is 5.82 Å². The fourth-order valence-corrected chi connectivity index (χ4v) is 1.78. The van der Waals surface area contributed by atoms with E-state index in [1.165, 1.54) is 19.2 Å². The lowest BCUT2D eigenvalue weighted by atomic mass is 10.1. The summed E-state index contributed by atoms with van der Waals surface area (Å²) in [4.78, 5) is 11.7. The molecule has 0 aliphatic rings. The first kappa shape index (κ1) is 14.1. The van der Waals surface area contributed by atoms with Crippen LogP contribution in [-0.4, -0.2) is 13.1 Å². The van der Waals surface area contributed by atoms with Crippen molar-refractivity contribution in [1.29, 1.82) is 0 Å². The summed E-state index contributed by atoms with van der Waals surface area (Å²) in [6.07, 6.45) is 0.208. The Morgan fingerprint density at radius 3 is 2.50 bits per heavy atom. The van der Waals surface area contributed by atoms with E-state index in [-0.39, 0.29) is 24.7 Å². The van der Waals surface area contributed by atoms with Gasteiger partial charge in [0.2, 0.25) is 0 Å². The van der Waals surface area contributed by atoms with Crippen LogP contribution in [0.15, 0.2) is 48.5 Å². The second-order valence-electron chi connectivity index (χ2n) is 4.29. The van der Waals surface area contributed by atoms with Gasteiger partial charge < -0.3 is 9.47 Å². The summed E-state index contributed by atoms with van der Waals surface area (Å²) < 4.78 is 23.4. The Balaban J connectivity index is 1.89. The molecule has 3 nitrogen and oxygen atoms in total. The number of ether oxygens (including phenoxy) is 2. The van der Waals surface area contributed by atoms with E-state index in [0.29, 0.717) is 5.56 Å². The molecule has 2 aromatic carbocycles. The lowest BCUT2D eigenvalue weighted by Crippen LogP contribution is -2.08. The van der Waals surface area contributed by atoms with Crippen molar-refractivity contribution in [1.82, 2.24) is 0 Å². The van der Waals surface area contributed by atoms with Crippen LogP contribution in [0.4, 0.5) is 4.39 Å². The fraction of sp³-hybridized carbons (Fsp3) is 0.188. The van der Waals surface area contributed by atoms with Crippen molar-refractivity contribution in [2.24, 2.45) is 0 Å². The first-order valence-corrected chi connectivity index (χ1v) is 6.21. The van der Waals surface area contributed by atoms with Crippen molar-refractivity contribution in [3.05, 3.63) is 65.5 Å². The molecule has 0 saturated carbocycles. The smallest absolute Gasteiger partial charge is 0.310 e. The van der Waals surface area contributed by atoms with Gasteiger partial charge in [-0.05, 0) is 23.3 Å². The Morgan fingerprint density at radius 2 is 1.85 bits per heavy atom. The maximum Gasteiger partial charge on any atom is 0.310 e. The summed E-state index contributed by atoms with van der Waals surface area (Å²) in [7, 11) is 1.40. The van der Waals surface area contributed by atoms with Gasteiger partial charge in [0, 0.05) is 0 Å². The maximum absolute atomic E-state index is 13.5. The van der Waals surface area contributed by atoms with Gasteiger partial charge >= 0.3 is 5.97 Å². The Kier molecular flexibility index (Phi) is 4.71. The van der Waals surface area contributed by atoms with Gasteiger partial charge in [-0.2, -0.15) is 0 Å². The van der Waals surface area contributed by atoms with Gasteiger partial charge in [0.15, 0.2) is 11.6 Å². The predicted octanol–water partition coefficient (Wildman–Crippen LogP) is 3.12. The molecule has 20 heavy (non-hydrogen) atoms. The van der Waals surface area contributed by atoms with Crippen LogP contribution >= 0.6 is 0 Å². The summed E-state index contributed by atoms with van der Waals surface area (Å²) in [6.45, 7) is 0.0482. The lowest BCUT2D eigenvalue weighted by molar-refractivity contribution is -0.144. The summed E-state index contributed by atoms with van der Waals surface area (Å²) in [5.74, 6) is -0.638. The standard InChI is InChI=1S/C16H15FO3/c1-19-15-8-7-13(9-14(15)17)11-20-16(18)10-12-5-3-2-4-6-12/h2-9H,10-11H2,1H3. The van der Waals surface area contributed by atoms with Gasteiger partial charge in [-0.1, -0.05) is 36.4 Å². The third-order valence-electron chi connectivity index (χ3n) is 2.81. The lowest BCUT2D eigenvalue weighted by Gasteiger charge is -2.07. The molecule has 2 rings (SSSR count). The molecule has 0 radical (unpaired) electrons. The van der Waals surface area contributed by atoms with Crippen LogP contribution in [0.25, 0.3) is 0 Å². The molecule has 0 aromatic heterocycles. The zero-order chi connectivity index (χ0) is 14.4. The van der Waals surface area contributed by atoms with E-state index in [4.69, 9.17) is 9.47 Å². The molecule has 0 N–H and O–H groups in total. The highest BCUT2D eigenvalue weighted by molar-refractivity contribution is 5.72. The Morgan fingerprint density at radius 1 is 1.10 bits per heavy atom. The predicted molar refractivity (Wildman–Crippen MR) is 72.9 cm³/mol. The largest absolute Gasteiger partial charge is 0.494 e. The number of hydrogen-bond donors (Lipinski definition) is 0. The second kappa shape index (κ2) is 6.70. The third kappa shape index (κ3) is 3.82. The van der Waals surface area contributed by atoms with Crippen LogP contribution < -0.4 is 4.74 Å². The highest BCUT2D eigenvalue weighted by Gasteiger charge is 2.07. The SMILES string of the molecule is COc1ccc(COC(=O)Cc2ccccc2)cc1F. The van der Waals surface area contributed by atoms with Gasteiger partial charge in [0.05, 0.1) is 13.5 Å². The van der Waals surface area contributed by atoms with Crippen LogP contribution in [0.1, 0.15) is 11.1 Å². The molecular formula is C16H15FO3. The van der Waals surface area contributed by atoms with E-state index in [2.05, 4.69) is 0 Å². The van der Waals surface area contributed by atoms with Crippen molar-refractivity contribution in [3.8, 4) is 5.75 Å². The van der Waals surface area contributed by atoms with Crippen LogP contribution in [0.2, 0.25) is 0 Å². The zero-order valence-electron chi connectivity index (χ0n) is 11.1. The highest BCUT2D eigenvalue weighted by Crippen LogP contribution is 2.18. The van der Waals surface area contributed by atoms with Crippen LogP contribution in [-0.2, 0) is 22.6 Å². The highest BCUT2D eigenvalue weighted by atomic mass is 19.1. The van der Waals surface area contributed by atoms with E-state index in [1.807, 2.05) is 30.3 Å². The average Bonchev–Trinajstić information content (AvgIpc) is 2.46. The number of hydrogen-bond acceptors (Lipinski definition) is 3. The molecule has 0 saturated heterocycles. The number of carbonyl (C=O) groups excluding carboxylic acids is 1. The molecule has 0 aliphatic carbocycles. The minimum atomic E-state index is -0.468. The van der Waals surface area contributed by atoms with Crippen molar-refractivity contribution < 1.29 is 18.7 Å². The normalized spacial score (nSPS) is 10.1. The molecule has 0 unspecified atom stereocenters. The topological polar surface area (TPSA) is 35.5 Å². The molecule has 104 valence electrons. The van der Waals surface area contributed by atoms with E-state index < -0.39 is 5.82 Å². The summed E-state index contributed by atoms with van der Waals surface area (Å²) in [5, 5.41) is 0. The van der Waals surface area contributed by atoms with Crippen molar-refractivity contribution in [2.45, 2.75) is 13.0 Å². The first-order valence-electron chi connectivity index (χ1n) is 6.21. The van der Waals surface area contributed by atoms with E-state index >= 15 is 0 Å². The van der Waals surface area contributed by atoms with Gasteiger partial charge in [-0.3, -0.25) is 4.79 Å². The molecule has 0 bridgehead atoms. The third-order valence-corrected chi connectivity index (χ3v) is 2.81. The van der Waals surface area contributed by atoms with Crippen molar-refractivity contribution in [2.75, 3.05) is 7.11 Å². The molecule has 0 amide bonds. The minimum Gasteiger partial charge on any atom is -0.494 e. The summed E-state index contributed by atoms with van der Waals surface area (Å²) in [6, 6.07) is 13.8. The average molecular weight is 274 g/mol. The summed E-state index contributed by atoms with van der Waals surface area (Å²) >= 11 is 0. The Hall–Kier alpha value is -2.36. The van der Waals surface area contributed by atoms with Gasteiger partial charge in [0.25, 0.3) is 0 Å². The van der Waals surface area contributed by atoms with Gasteiger partial charge in [-0.15, -0.1) is 0 Å². The van der Waals surface area contributed by atoms with E-state index in [1.54, 1.807) is 6.07 Å².